The summed E-state index contributed by atoms with van der Waals surface area (Å²) in [5, 5.41) is 3.21. The molecule has 8 heteroatoms. The van der Waals surface area contributed by atoms with E-state index >= 15 is 0 Å². The minimum absolute atomic E-state index is 0.193. The fourth-order valence-corrected chi connectivity index (χ4v) is 5.61. The molecule has 0 aliphatic heterocycles. The molecule has 0 unspecified atom stereocenters. The summed E-state index contributed by atoms with van der Waals surface area (Å²) in [6, 6.07) is 10.2. The number of thiazole rings is 1. The van der Waals surface area contributed by atoms with Gasteiger partial charge in [-0.3, -0.25) is 4.79 Å². The average molecular weight is 387 g/mol. The predicted molar refractivity (Wildman–Crippen MR) is 101 cm³/mol. The standard InChI is InChI=1S/C18H17N3O3S2/c1-12(22)19-18-20-16-15(25-18)9-5-6-13-10-11-21(17(13)16)26(23,24)14-7-3-2-4-8-14/h2-4,7-8,10-11H,5-6,9H2,1H3,(H,19,20,22). The molecule has 0 bridgehead atoms. The van der Waals surface area contributed by atoms with Crippen LogP contribution in [0.1, 0.15) is 23.8 Å². The lowest BCUT2D eigenvalue weighted by molar-refractivity contribution is -0.114. The summed E-state index contributed by atoms with van der Waals surface area (Å²) in [4.78, 5) is 17.1. The number of hydrogen-bond donors (Lipinski definition) is 1. The molecule has 0 spiro atoms. The van der Waals surface area contributed by atoms with Crippen LogP contribution in [0, 0.1) is 0 Å². The van der Waals surface area contributed by atoms with Gasteiger partial charge in [-0.2, -0.15) is 0 Å². The number of anilines is 1. The molecule has 0 saturated heterocycles. The van der Waals surface area contributed by atoms with Crippen LogP contribution in [0.3, 0.4) is 0 Å². The molecule has 134 valence electrons. The zero-order valence-corrected chi connectivity index (χ0v) is 15.7. The first-order valence-corrected chi connectivity index (χ1v) is 10.5. The molecular formula is C18H17N3O3S2. The summed E-state index contributed by atoms with van der Waals surface area (Å²) >= 11 is 1.41. The largest absolute Gasteiger partial charge is 0.302 e. The van der Waals surface area contributed by atoms with Crippen molar-refractivity contribution in [1.82, 2.24) is 8.96 Å². The normalized spacial score (nSPS) is 13.6. The van der Waals surface area contributed by atoms with Crippen LogP contribution >= 0.6 is 11.3 Å². The van der Waals surface area contributed by atoms with Crippen molar-refractivity contribution in [3.05, 3.63) is 53.0 Å². The number of aryl methyl sites for hydroxylation is 2. The Morgan fingerprint density at radius 1 is 1.19 bits per heavy atom. The van der Waals surface area contributed by atoms with E-state index in [2.05, 4.69) is 10.3 Å². The Balaban J connectivity index is 1.90. The lowest BCUT2D eigenvalue weighted by Crippen LogP contribution is -2.14. The summed E-state index contributed by atoms with van der Waals surface area (Å²) in [7, 11) is -3.72. The molecule has 1 N–H and O–H groups in total. The molecule has 1 aromatic carbocycles. The van der Waals surface area contributed by atoms with E-state index in [1.54, 1.807) is 36.5 Å². The number of fused-ring (bicyclic) bond motifs is 3. The maximum atomic E-state index is 13.1. The minimum Gasteiger partial charge on any atom is -0.302 e. The van der Waals surface area contributed by atoms with Crippen LogP contribution in [-0.4, -0.2) is 23.3 Å². The van der Waals surface area contributed by atoms with Crippen LogP contribution in [0.5, 0.6) is 0 Å². The van der Waals surface area contributed by atoms with Gasteiger partial charge < -0.3 is 5.32 Å². The van der Waals surface area contributed by atoms with Gasteiger partial charge in [-0.15, -0.1) is 11.3 Å². The van der Waals surface area contributed by atoms with Gasteiger partial charge in [0.05, 0.1) is 10.6 Å². The Morgan fingerprint density at radius 3 is 2.69 bits per heavy atom. The SMILES string of the molecule is CC(=O)Nc1nc2c(s1)CCCc1ccn(S(=O)(=O)c3ccccc3)c1-2. The zero-order chi connectivity index (χ0) is 18.3. The maximum Gasteiger partial charge on any atom is 0.268 e. The number of rotatable bonds is 3. The van der Waals surface area contributed by atoms with Gasteiger partial charge in [-0.25, -0.2) is 17.4 Å². The summed E-state index contributed by atoms with van der Waals surface area (Å²) < 4.78 is 27.6. The molecule has 4 rings (SSSR count). The van der Waals surface area contributed by atoms with E-state index in [9.17, 15) is 13.2 Å². The van der Waals surface area contributed by atoms with E-state index in [0.717, 1.165) is 29.7 Å². The van der Waals surface area contributed by atoms with E-state index in [1.807, 2.05) is 6.07 Å². The van der Waals surface area contributed by atoms with E-state index in [1.165, 1.54) is 22.2 Å². The highest BCUT2D eigenvalue weighted by Gasteiger charge is 2.28. The molecule has 0 radical (unpaired) electrons. The molecule has 2 aromatic heterocycles. The van der Waals surface area contributed by atoms with Gasteiger partial charge in [0, 0.05) is 18.0 Å². The molecule has 3 aromatic rings. The van der Waals surface area contributed by atoms with Crippen LogP contribution in [-0.2, 0) is 27.7 Å². The third-order valence-electron chi connectivity index (χ3n) is 4.29. The van der Waals surface area contributed by atoms with E-state index in [4.69, 9.17) is 0 Å². The second-order valence-electron chi connectivity index (χ2n) is 6.13. The second-order valence-corrected chi connectivity index (χ2v) is 9.03. The van der Waals surface area contributed by atoms with Gasteiger partial charge in [0.15, 0.2) is 5.13 Å². The number of carbonyl (C=O) groups excluding carboxylic acids is 1. The summed E-state index contributed by atoms with van der Waals surface area (Å²) in [6.07, 6.45) is 4.12. The van der Waals surface area contributed by atoms with Gasteiger partial charge in [0.25, 0.3) is 10.0 Å². The first-order valence-electron chi connectivity index (χ1n) is 8.25. The number of nitrogens with one attached hydrogen (secondary N) is 1. The van der Waals surface area contributed by atoms with Crippen molar-refractivity contribution in [2.45, 2.75) is 31.1 Å². The molecule has 6 nitrogen and oxygen atoms in total. The Morgan fingerprint density at radius 2 is 1.96 bits per heavy atom. The van der Waals surface area contributed by atoms with E-state index in [-0.39, 0.29) is 10.8 Å². The smallest absolute Gasteiger partial charge is 0.268 e. The minimum atomic E-state index is -3.72. The number of nitrogens with zero attached hydrogens (tertiary/aromatic N) is 2. The Kier molecular flexibility index (Phi) is 4.16. The number of hydrogen-bond acceptors (Lipinski definition) is 5. The van der Waals surface area contributed by atoms with Gasteiger partial charge in [-0.1, -0.05) is 18.2 Å². The third kappa shape index (κ3) is 2.85. The van der Waals surface area contributed by atoms with E-state index < -0.39 is 10.0 Å². The van der Waals surface area contributed by atoms with Crippen LogP contribution in [0.4, 0.5) is 5.13 Å². The Hall–Kier alpha value is -2.45. The second kappa shape index (κ2) is 6.37. The lowest BCUT2D eigenvalue weighted by Gasteiger charge is -2.11. The molecule has 26 heavy (non-hydrogen) atoms. The number of aromatic nitrogens is 2. The highest BCUT2D eigenvalue weighted by atomic mass is 32.2. The molecule has 0 saturated carbocycles. The van der Waals surface area contributed by atoms with Crippen molar-refractivity contribution in [2.24, 2.45) is 0 Å². The van der Waals surface area contributed by atoms with Gasteiger partial charge in [0.2, 0.25) is 5.91 Å². The topological polar surface area (TPSA) is 81.1 Å². The van der Waals surface area contributed by atoms with Gasteiger partial charge in [-0.05, 0) is 43.0 Å². The van der Waals surface area contributed by atoms with Crippen molar-refractivity contribution >= 4 is 32.4 Å². The molecule has 2 heterocycles. The first-order chi connectivity index (χ1) is 12.5. The van der Waals surface area contributed by atoms with Gasteiger partial charge in [0.1, 0.15) is 5.69 Å². The fraction of sp³-hybridized carbons (Fsp3) is 0.222. The maximum absolute atomic E-state index is 13.1. The Bertz CT molecular complexity index is 1080. The molecule has 0 fully saturated rings. The van der Waals surface area contributed by atoms with Crippen molar-refractivity contribution < 1.29 is 13.2 Å². The van der Waals surface area contributed by atoms with Crippen molar-refractivity contribution in [2.75, 3.05) is 5.32 Å². The molecular weight excluding hydrogens is 370 g/mol. The van der Waals surface area contributed by atoms with Crippen LogP contribution in [0.15, 0.2) is 47.5 Å². The molecule has 1 aliphatic carbocycles. The van der Waals surface area contributed by atoms with Crippen molar-refractivity contribution in [3.63, 3.8) is 0 Å². The number of benzene rings is 1. The van der Waals surface area contributed by atoms with Crippen LogP contribution in [0.25, 0.3) is 11.4 Å². The summed E-state index contributed by atoms with van der Waals surface area (Å²) in [6.45, 7) is 1.43. The van der Waals surface area contributed by atoms with Crippen molar-refractivity contribution in [1.29, 1.82) is 0 Å². The van der Waals surface area contributed by atoms with Crippen LogP contribution in [0.2, 0.25) is 0 Å². The highest BCUT2D eigenvalue weighted by Crippen LogP contribution is 2.39. The highest BCUT2D eigenvalue weighted by molar-refractivity contribution is 7.90. The van der Waals surface area contributed by atoms with E-state index in [0.29, 0.717) is 16.5 Å². The average Bonchev–Trinajstić information content (AvgIpc) is 3.16. The quantitative estimate of drug-likeness (QED) is 0.748. The van der Waals surface area contributed by atoms with Crippen molar-refractivity contribution in [3.8, 4) is 11.4 Å². The lowest BCUT2D eigenvalue weighted by atomic mass is 10.1. The fourth-order valence-electron chi connectivity index (χ4n) is 3.17. The number of amides is 1. The monoisotopic (exact) mass is 387 g/mol. The first kappa shape index (κ1) is 17.0. The van der Waals surface area contributed by atoms with Crippen LogP contribution < -0.4 is 5.32 Å². The zero-order valence-electron chi connectivity index (χ0n) is 14.1. The van der Waals surface area contributed by atoms with Gasteiger partial charge >= 0.3 is 0 Å². The molecule has 0 atom stereocenters. The predicted octanol–water partition coefficient (Wildman–Crippen LogP) is 3.30. The Labute approximate surface area is 155 Å². The molecule has 1 amide bonds. The summed E-state index contributed by atoms with van der Waals surface area (Å²) in [5.74, 6) is -0.193. The molecule has 1 aliphatic rings. The third-order valence-corrected chi connectivity index (χ3v) is 7.01. The number of carbonyl (C=O) groups is 1. The summed E-state index contributed by atoms with van der Waals surface area (Å²) in [5.41, 5.74) is 2.22.